The summed E-state index contributed by atoms with van der Waals surface area (Å²) in [4.78, 5) is 14.7. The van der Waals surface area contributed by atoms with E-state index in [1.807, 2.05) is 0 Å². The summed E-state index contributed by atoms with van der Waals surface area (Å²) in [5, 5.41) is 1.11. The summed E-state index contributed by atoms with van der Waals surface area (Å²) in [6, 6.07) is 12.6. The molecule has 0 N–H and O–H groups in total. The van der Waals surface area contributed by atoms with Gasteiger partial charge in [-0.3, -0.25) is 0 Å². The molecule has 6 heteroatoms. The van der Waals surface area contributed by atoms with Gasteiger partial charge in [0.15, 0.2) is 11.5 Å². The minimum Gasteiger partial charge on any atom is -0.493 e. The summed E-state index contributed by atoms with van der Waals surface area (Å²) in [5.41, 5.74) is 3.60. The van der Waals surface area contributed by atoms with E-state index in [2.05, 4.69) is 46.2 Å². The molecule has 0 aliphatic carbocycles. The number of aromatic nitrogens is 2. The van der Waals surface area contributed by atoms with Crippen LogP contribution in [0.5, 0.6) is 11.5 Å². The number of anilines is 2. The van der Waals surface area contributed by atoms with E-state index < -0.39 is 0 Å². The number of rotatable bonds is 4. The molecule has 3 aromatic rings. The van der Waals surface area contributed by atoms with Gasteiger partial charge in [0.1, 0.15) is 5.82 Å². The Morgan fingerprint density at radius 1 is 0.800 bits per heavy atom. The first-order valence-corrected chi connectivity index (χ1v) is 10.8. The lowest BCUT2D eigenvalue weighted by Crippen LogP contribution is -2.34. The highest BCUT2D eigenvalue weighted by Gasteiger charge is 2.24. The monoisotopic (exact) mass is 404 g/mol. The molecule has 156 valence electrons. The van der Waals surface area contributed by atoms with Gasteiger partial charge in [-0.1, -0.05) is 12.1 Å². The van der Waals surface area contributed by atoms with Crippen LogP contribution < -0.4 is 19.3 Å². The van der Waals surface area contributed by atoms with Gasteiger partial charge in [0.2, 0.25) is 5.95 Å². The summed E-state index contributed by atoms with van der Waals surface area (Å²) in [6.45, 7) is 3.80. The fourth-order valence-electron chi connectivity index (χ4n) is 4.59. The lowest BCUT2D eigenvalue weighted by molar-refractivity contribution is 0.353. The van der Waals surface area contributed by atoms with Crippen LogP contribution in [0.3, 0.4) is 0 Å². The van der Waals surface area contributed by atoms with Crippen LogP contribution in [0.25, 0.3) is 10.9 Å². The lowest BCUT2D eigenvalue weighted by Gasteiger charge is -2.33. The number of methoxy groups -OCH3 is 2. The fourth-order valence-corrected chi connectivity index (χ4v) is 4.59. The molecule has 0 amide bonds. The van der Waals surface area contributed by atoms with Crippen molar-refractivity contribution in [2.45, 2.75) is 32.2 Å². The number of benzene rings is 2. The predicted molar refractivity (Wildman–Crippen MR) is 120 cm³/mol. The van der Waals surface area contributed by atoms with Gasteiger partial charge in [-0.25, -0.2) is 4.98 Å². The van der Waals surface area contributed by atoms with Gasteiger partial charge in [-0.05, 0) is 61.1 Å². The van der Waals surface area contributed by atoms with Crippen molar-refractivity contribution in [3.05, 3.63) is 47.5 Å². The van der Waals surface area contributed by atoms with Crippen molar-refractivity contribution in [2.24, 2.45) is 0 Å². The number of piperidine rings is 1. The maximum atomic E-state index is 5.54. The molecule has 2 aromatic carbocycles. The molecule has 0 radical (unpaired) electrons. The number of hydrogen-bond acceptors (Lipinski definition) is 6. The zero-order valence-corrected chi connectivity index (χ0v) is 17.7. The van der Waals surface area contributed by atoms with Crippen molar-refractivity contribution in [3.8, 4) is 11.5 Å². The quantitative estimate of drug-likeness (QED) is 0.650. The smallest absolute Gasteiger partial charge is 0.227 e. The van der Waals surface area contributed by atoms with E-state index in [0.29, 0.717) is 0 Å². The van der Waals surface area contributed by atoms with Crippen LogP contribution in [0.1, 0.15) is 30.4 Å². The molecule has 3 heterocycles. The lowest BCUT2D eigenvalue weighted by atomic mass is 9.98. The maximum absolute atomic E-state index is 5.54. The third-order valence-electron chi connectivity index (χ3n) is 6.23. The number of para-hydroxylation sites is 1. The number of hydrogen-bond donors (Lipinski definition) is 0. The van der Waals surface area contributed by atoms with Gasteiger partial charge in [-0.15, -0.1) is 0 Å². The molecule has 2 aliphatic heterocycles. The van der Waals surface area contributed by atoms with Crippen molar-refractivity contribution in [1.82, 2.24) is 9.97 Å². The maximum Gasteiger partial charge on any atom is 0.227 e. The molecule has 1 saturated heterocycles. The molecular weight excluding hydrogens is 376 g/mol. The highest BCUT2D eigenvalue weighted by Crippen LogP contribution is 2.36. The Balaban J connectivity index is 1.54. The van der Waals surface area contributed by atoms with Crippen molar-refractivity contribution in [1.29, 1.82) is 0 Å². The molecule has 0 saturated carbocycles. The van der Waals surface area contributed by atoms with Crippen LogP contribution in [-0.2, 0) is 13.0 Å². The third-order valence-corrected chi connectivity index (χ3v) is 6.23. The Labute approximate surface area is 177 Å². The molecule has 6 nitrogen and oxygen atoms in total. The Hall–Kier alpha value is -3.02. The van der Waals surface area contributed by atoms with Gasteiger partial charge in [0.25, 0.3) is 0 Å². The second-order valence-corrected chi connectivity index (χ2v) is 8.06. The van der Waals surface area contributed by atoms with Crippen LogP contribution in [0, 0.1) is 0 Å². The van der Waals surface area contributed by atoms with E-state index in [1.54, 1.807) is 14.2 Å². The Bertz CT molecular complexity index is 1060. The van der Waals surface area contributed by atoms with Gasteiger partial charge in [-0.2, -0.15) is 4.98 Å². The second-order valence-electron chi connectivity index (χ2n) is 8.06. The van der Waals surface area contributed by atoms with Crippen molar-refractivity contribution in [2.75, 3.05) is 43.7 Å². The molecule has 1 fully saturated rings. The minimum atomic E-state index is 0.777. The first-order valence-electron chi connectivity index (χ1n) is 10.8. The zero-order chi connectivity index (χ0) is 20.5. The first-order chi connectivity index (χ1) is 14.8. The highest BCUT2D eigenvalue weighted by molar-refractivity contribution is 5.90. The topological polar surface area (TPSA) is 50.7 Å². The molecule has 0 spiro atoms. The normalized spacial score (nSPS) is 16.5. The van der Waals surface area contributed by atoms with Crippen LogP contribution in [0.4, 0.5) is 11.8 Å². The highest BCUT2D eigenvalue weighted by atomic mass is 16.5. The molecular formula is C24H28N4O2. The average Bonchev–Trinajstić information content (AvgIpc) is 2.82. The van der Waals surface area contributed by atoms with E-state index in [1.165, 1.54) is 30.4 Å². The third kappa shape index (κ3) is 3.40. The van der Waals surface area contributed by atoms with Gasteiger partial charge in [0.05, 0.1) is 19.7 Å². The standard InChI is InChI=1S/C24H28N4O2/c1-29-21-14-17-10-13-28(16-18(17)15-22(21)30-2)23-19-8-4-5-9-20(19)25-24(26-23)27-11-6-3-7-12-27/h4-5,8-9,14-15H,3,6-7,10-13,16H2,1-2H3. The van der Waals surface area contributed by atoms with Gasteiger partial charge >= 0.3 is 0 Å². The van der Waals surface area contributed by atoms with Gasteiger partial charge in [0, 0.05) is 31.6 Å². The van der Waals surface area contributed by atoms with E-state index in [9.17, 15) is 0 Å². The fraction of sp³-hybridized carbons (Fsp3) is 0.417. The largest absolute Gasteiger partial charge is 0.493 e. The van der Waals surface area contributed by atoms with Crippen LogP contribution in [0.2, 0.25) is 0 Å². The predicted octanol–water partition coefficient (Wildman–Crippen LogP) is 4.20. The molecule has 5 rings (SSSR count). The van der Waals surface area contributed by atoms with E-state index in [0.717, 1.165) is 66.8 Å². The Kier molecular flexibility index (Phi) is 5.07. The van der Waals surface area contributed by atoms with Gasteiger partial charge < -0.3 is 19.3 Å². The molecule has 2 aliphatic rings. The number of ether oxygens (including phenoxy) is 2. The van der Waals surface area contributed by atoms with E-state index in [4.69, 9.17) is 19.4 Å². The molecule has 0 atom stereocenters. The SMILES string of the molecule is COc1cc2c(cc1OC)CN(c1nc(N3CCCCC3)nc3ccccc13)CC2. The first kappa shape index (κ1) is 19.0. The second kappa shape index (κ2) is 8.01. The summed E-state index contributed by atoms with van der Waals surface area (Å²) in [7, 11) is 3.38. The van der Waals surface area contributed by atoms with Crippen LogP contribution >= 0.6 is 0 Å². The summed E-state index contributed by atoms with van der Waals surface area (Å²) in [5.74, 6) is 3.47. The Morgan fingerprint density at radius 3 is 2.30 bits per heavy atom. The van der Waals surface area contributed by atoms with E-state index >= 15 is 0 Å². The van der Waals surface area contributed by atoms with E-state index in [-0.39, 0.29) is 0 Å². The average molecular weight is 405 g/mol. The number of fused-ring (bicyclic) bond motifs is 2. The molecule has 0 bridgehead atoms. The van der Waals surface area contributed by atoms with Crippen LogP contribution in [0.15, 0.2) is 36.4 Å². The molecule has 30 heavy (non-hydrogen) atoms. The number of nitrogens with zero attached hydrogens (tertiary/aromatic N) is 4. The molecule has 0 unspecified atom stereocenters. The summed E-state index contributed by atoms with van der Waals surface area (Å²) in [6.07, 6.45) is 4.67. The Morgan fingerprint density at radius 2 is 1.53 bits per heavy atom. The molecule has 1 aromatic heterocycles. The van der Waals surface area contributed by atoms with Crippen LogP contribution in [-0.4, -0.2) is 43.8 Å². The van der Waals surface area contributed by atoms with Crippen molar-refractivity contribution in [3.63, 3.8) is 0 Å². The van der Waals surface area contributed by atoms with Crippen molar-refractivity contribution >= 4 is 22.7 Å². The van der Waals surface area contributed by atoms with Crippen molar-refractivity contribution < 1.29 is 9.47 Å². The minimum absolute atomic E-state index is 0.777. The zero-order valence-electron chi connectivity index (χ0n) is 17.7. The summed E-state index contributed by atoms with van der Waals surface area (Å²) < 4.78 is 11.0. The summed E-state index contributed by atoms with van der Waals surface area (Å²) >= 11 is 0.